The van der Waals surface area contributed by atoms with Crippen LogP contribution in [0.2, 0.25) is 5.02 Å². The third kappa shape index (κ3) is 5.31. The van der Waals surface area contributed by atoms with Gasteiger partial charge in [0.15, 0.2) is 6.10 Å². The van der Waals surface area contributed by atoms with E-state index in [2.05, 4.69) is 10.3 Å². The number of pyridine rings is 1. The van der Waals surface area contributed by atoms with Crippen molar-refractivity contribution >= 4 is 29.3 Å². The second-order valence-corrected chi connectivity index (χ2v) is 6.28. The molecule has 0 saturated carbocycles. The molecule has 0 radical (unpaired) electrons. The molecule has 0 fully saturated rings. The molecule has 142 valence electrons. The van der Waals surface area contributed by atoms with Crippen LogP contribution < -0.4 is 10.1 Å². The molecule has 0 aliphatic rings. The molecule has 7 heteroatoms. The number of ether oxygens (including phenoxy) is 2. The van der Waals surface area contributed by atoms with Gasteiger partial charge in [-0.05, 0) is 49.4 Å². The molecule has 3 aromatic rings. The summed E-state index contributed by atoms with van der Waals surface area (Å²) in [6.07, 6.45) is 0.398. The molecule has 3 rings (SSSR count). The van der Waals surface area contributed by atoms with Crippen molar-refractivity contribution in [1.29, 1.82) is 0 Å². The van der Waals surface area contributed by atoms with Gasteiger partial charge in [-0.2, -0.15) is 0 Å². The Kier molecular flexibility index (Phi) is 6.24. The smallest absolute Gasteiger partial charge is 0.339 e. The molecule has 0 unspecified atom stereocenters. The van der Waals surface area contributed by atoms with E-state index in [1.807, 2.05) is 30.3 Å². The lowest BCUT2D eigenvalue weighted by molar-refractivity contribution is -0.123. The van der Waals surface area contributed by atoms with E-state index >= 15 is 0 Å². The first-order chi connectivity index (χ1) is 13.5. The first kappa shape index (κ1) is 19.4. The van der Waals surface area contributed by atoms with E-state index in [4.69, 9.17) is 21.1 Å². The fraction of sp³-hybridized carbons (Fsp3) is 0.0952. The average molecular weight is 397 g/mol. The molecule has 1 aromatic heterocycles. The molecule has 0 bridgehead atoms. The zero-order valence-corrected chi connectivity index (χ0v) is 15.7. The summed E-state index contributed by atoms with van der Waals surface area (Å²) in [6, 6.07) is 18.9. The lowest BCUT2D eigenvalue weighted by atomic mass is 10.2. The SMILES string of the molecule is C[C@@H](OC(=O)c1cccc(Oc2ccccc2)c1)C(=O)Nc1ccc(Cl)cn1. The molecule has 1 amide bonds. The zero-order chi connectivity index (χ0) is 19.9. The Morgan fingerprint density at radius 3 is 2.46 bits per heavy atom. The van der Waals surface area contributed by atoms with Crippen molar-refractivity contribution in [2.75, 3.05) is 5.32 Å². The van der Waals surface area contributed by atoms with Crippen LogP contribution in [-0.2, 0) is 9.53 Å². The van der Waals surface area contributed by atoms with E-state index in [0.717, 1.165) is 0 Å². The molecule has 1 N–H and O–H groups in total. The number of benzene rings is 2. The summed E-state index contributed by atoms with van der Waals surface area (Å²) < 4.78 is 10.9. The van der Waals surface area contributed by atoms with Crippen molar-refractivity contribution in [2.45, 2.75) is 13.0 Å². The molecule has 1 heterocycles. The van der Waals surface area contributed by atoms with Gasteiger partial charge in [-0.25, -0.2) is 9.78 Å². The molecular weight excluding hydrogens is 380 g/mol. The minimum atomic E-state index is -1.01. The number of amides is 1. The molecule has 1 atom stereocenters. The van der Waals surface area contributed by atoms with Gasteiger partial charge in [0.2, 0.25) is 0 Å². The number of esters is 1. The Morgan fingerprint density at radius 2 is 1.75 bits per heavy atom. The fourth-order valence-electron chi connectivity index (χ4n) is 2.27. The molecule has 6 nitrogen and oxygen atoms in total. The van der Waals surface area contributed by atoms with E-state index in [1.165, 1.54) is 13.1 Å². The first-order valence-electron chi connectivity index (χ1n) is 8.47. The van der Waals surface area contributed by atoms with Crippen molar-refractivity contribution in [1.82, 2.24) is 4.98 Å². The first-order valence-corrected chi connectivity index (χ1v) is 8.85. The highest BCUT2D eigenvalue weighted by atomic mass is 35.5. The van der Waals surface area contributed by atoms with Gasteiger partial charge < -0.3 is 14.8 Å². The summed E-state index contributed by atoms with van der Waals surface area (Å²) in [5.74, 6) is 0.319. The fourth-order valence-corrected chi connectivity index (χ4v) is 2.38. The lowest BCUT2D eigenvalue weighted by Crippen LogP contribution is -2.30. The molecule has 0 saturated heterocycles. The number of halogens is 1. The van der Waals surface area contributed by atoms with E-state index < -0.39 is 18.0 Å². The molecule has 0 aliphatic heterocycles. The van der Waals surface area contributed by atoms with Gasteiger partial charge in [-0.1, -0.05) is 35.9 Å². The molecular formula is C21H17ClN2O4. The molecule has 0 spiro atoms. The quantitative estimate of drug-likeness (QED) is 0.610. The summed E-state index contributed by atoms with van der Waals surface area (Å²) in [5, 5.41) is 3.01. The zero-order valence-electron chi connectivity index (χ0n) is 15.0. The van der Waals surface area contributed by atoms with Crippen molar-refractivity contribution in [2.24, 2.45) is 0 Å². The number of hydrogen-bond donors (Lipinski definition) is 1. The van der Waals surface area contributed by atoms with Gasteiger partial charge in [0.1, 0.15) is 17.3 Å². The molecule has 0 aliphatic carbocycles. The van der Waals surface area contributed by atoms with Crippen LogP contribution in [0.25, 0.3) is 0 Å². The van der Waals surface area contributed by atoms with Gasteiger partial charge in [-0.15, -0.1) is 0 Å². The average Bonchev–Trinajstić information content (AvgIpc) is 2.70. The van der Waals surface area contributed by atoms with Crippen LogP contribution in [0.1, 0.15) is 17.3 Å². The van der Waals surface area contributed by atoms with Crippen LogP contribution in [0, 0.1) is 0 Å². The highest BCUT2D eigenvalue weighted by Crippen LogP contribution is 2.22. The highest BCUT2D eigenvalue weighted by Gasteiger charge is 2.19. The van der Waals surface area contributed by atoms with Crippen molar-refractivity contribution in [3.05, 3.63) is 83.5 Å². The summed E-state index contributed by atoms with van der Waals surface area (Å²) >= 11 is 5.76. The lowest BCUT2D eigenvalue weighted by Gasteiger charge is -2.13. The number of para-hydroxylation sites is 1. The number of nitrogens with zero attached hydrogens (tertiary/aromatic N) is 1. The predicted octanol–water partition coefficient (Wildman–Crippen LogP) is 4.71. The highest BCUT2D eigenvalue weighted by molar-refractivity contribution is 6.30. The van der Waals surface area contributed by atoms with Gasteiger partial charge >= 0.3 is 5.97 Å². The van der Waals surface area contributed by atoms with Gasteiger partial charge in [0.05, 0.1) is 10.6 Å². The largest absolute Gasteiger partial charge is 0.457 e. The third-order valence-corrected chi connectivity index (χ3v) is 3.90. The van der Waals surface area contributed by atoms with E-state index in [1.54, 1.807) is 36.4 Å². The van der Waals surface area contributed by atoms with Crippen molar-refractivity contribution in [3.8, 4) is 11.5 Å². The van der Waals surface area contributed by atoms with Crippen LogP contribution >= 0.6 is 11.6 Å². The van der Waals surface area contributed by atoms with Crippen LogP contribution in [0.5, 0.6) is 11.5 Å². The monoisotopic (exact) mass is 396 g/mol. The van der Waals surface area contributed by atoms with E-state index in [9.17, 15) is 9.59 Å². The molecule has 2 aromatic carbocycles. The summed E-state index contributed by atoms with van der Waals surface area (Å²) in [6.45, 7) is 1.48. The Bertz CT molecular complexity index is 962. The van der Waals surface area contributed by atoms with E-state index in [0.29, 0.717) is 22.3 Å². The number of anilines is 1. The normalized spacial score (nSPS) is 11.4. The number of aromatic nitrogens is 1. The van der Waals surface area contributed by atoms with Crippen LogP contribution in [0.15, 0.2) is 72.9 Å². The number of rotatable bonds is 6. The van der Waals surface area contributed by atoms with Gasteiger partial charge in [0.25, 0.3) is 5.91 Å². The maximum atomic E-state index is 12.4. The Morgan fingerprint density at radius 1 is 1.00 bits per heavy atom. The summed E-state index contributed by atoms with van der Waals surface area (Å²) in [4.78, 5) is 28.5. The summed E-state index contributed by atoms with van der Waals surface area (Å²) in [7, 11) is 0. The molecule has 28 heavy (non-hydrogen) atoms. The van der Waals surface area contributed by atoms with Crippen LogP contribution in [0.3, 0.4) is 0 Å². The second-order valence-electron chi connectivity index (χ2n) is 5.84. The Balaban J connectivity index is 1.61. The van der Waals surface area contributed by atoms with Gasteiger partial charge in [-0.3, -0.25) is 4.79 Å². The third-order valence-electron chi connectivity index (χ3n) is 3.68. The number of hydrogen-bond acceptors (Lipinski definition) is 5. The number of carbonyl (C=O) groups excluding carboxylic acids is 2. The van der Waals surface area contributed by atoms with Crippen LogP contribution in [-0.4, -0.2) is 23.0 Å². The Labute approximate surface area is 167 Å². The van der Waals surface area contributed by atoms with Gasteiger partial charge in [0, 0.05) is 6.20 Å². The van der Waals surface area contributed by atoms with Crippen LogP contribution in [0.4, 0.5) is 5.82 Å². The van der Waals surface area contributed by atoms with Crippen molar-refractivity contribution < 1.29 is 19.1 Å². The summed E-state index contributed by atoms with van der Waals surface area (Å²) in [5.41, 5.74) is 0.276. The predicted molar refractivity (Wildman–Crippen MR) is 106 cm³/mol. The number of nitrogens with one attached hydrogen (secondary N) is 1. The maximum absolute atomic E-state index is 12.4. The minimum absolute atomic E-state index is 0.276. The Hall–Kier alpha value is -3.38. The second kappa shape index (κ2) is 9.01. The number of carbonyl (C=O) groups is 2. The maximum Gasteiger partial charge on any atom is 0.339 e. The topological polar surface area (TPSA) is 77.5 Å². The van der Waals surface area contributed by atoms with Crippen molar-refractivity contribution in [3.63, 3.8) is 0 Å². The van der Waals surface area contributed by atoms with E-state index in [-0.39, 0.29) is 5.56 Å². The minimum Gasteiger partial charge on any atom is -0.457 e. The standard InChI is InChI=1S/C21H17ClN2O4/c1-14(20(25)24-19-11-10-16(22)13-23-19)27-21(26)15-6-5-9-18(12-15)28-17-7-3-2-4-8-17/h2-14H,1H3,(H,23,24,25)/t14-/m1/s1.